The van der Waals surface area contributed by atoms with E-state index < -0.39 is 0 Å². The Bertz CT molecular complexity index is 728. The molecule has 2 bridgehead atoms. The molecule has 4 heteroatoms. The van der Waals surface area contributed by atoms with Gasteiger partial charge in [-0.25, -0.2) is 0 Å². The van der Waals surface area contributed by atoms with Crippen LogP contribution in [0.25, 0.3) is 0 Å². The van der Waals surface area contributed by atoms with Crippen LogP contribution >= 0.6 is 0 Å². The summed E-state index contributed by atoms with van der Waals surface area (Å²) in [5, 5.41) is 3.35. The second-order valence-electron chi connectivity index (χ2n) is 9.68. The van der Waals surface area contributed by atoms with E-state index in [1.807, 2.05) is 6.07 Å². The zero-order chi connectivity index (χ0) is 19.4. The van der Waals surface area contributed by atoms with Gasteiger partial charge in [-0.3, -0.25) is 4.79 Å². The van der Waals surface area contributed by atoms with Gasteiger partial charge in [0.05, 0.1) is 12.2 Å². The topological polar surface area (TPSA) is 47.6 Å². The smallest absolute Gasteiger partial charge is 0.217 e. The molecule has 1 aromatic carbocycles. The van der Waals surface area contributed by atoms with Gasteiger partial charge < -0.3 is 14.8 Å². The van der Waals surface area contributed by atoms with E-state index in [0.717, 1.165) is 18.8 Å². The second kappa shape index (κ2) is 6.51. The average molecular weight is 372 g/mol. The van der Waals surface area contributed by atoms with Gasteiger partial charge in [0, 0.05) is 25.1 Å². The molecule has 27 heavy (non-hydrogen) atoms. The average Bonchev–Trinajstić information content (AvgIpc) is 3.08. The van der Waals surface area contributed by atoms with Crippen LogP contribution < -0.4 is 10.1 Å². The van der Waals surface area contributed by atoms with Crippen molar-refractivity contribution in [2.24, 2.45) is 22.7 Å². The van der Waals surface area contributed by atoms with E-state index in [4.69, 9.17) is 9.47 Å². The lowest BCUT2D eigenvalue weighted by Gasteiger charge is -2.53. The molecular formula is C23H33NO3. The normalized spacial score (nSPS) is 36.5. The Balaban J connectivity index is 1.71. The summed E-state index contributed by atoms with van der Waals surface area (Å²) in [6.07, 6.45) is 3.58. The van der Waals surface area contributed by atoms with Crippen molar-refractivity contribution in [3.8, 4) is 5.75 Å². The Labute approximate surface area is 163 Å². The van der Waals surface area contributed by atoms with Crippen LogP contribution in [0.3, 0.4) is 0 Å². The Morgan fingerprint density at radius 2 is 2.04 bits per heavy atom. The molecule has 1 N–H and O–H groups in total. The number of carbonyl (C=O) groups excluding carboxylic acids is 1. The predicted octanol–water partition coefficient (Wildman–Crippen LogP) is 4.49. The van der Waals surface area contributed by atoms with Gasteiger partial charge >= 0.3 is 0 Å². The van der Waals surface area contributed by atoms with Gasteiger partial charge in [0.25, 0.3) is 0 Å². The van der Waals surface area contributed by atoms with Crippen molar-refractivity contribution in [1.82, 2.24) is 5.32 Å². The van der Waals surface area contributed by atoms with E-state index in [1.54, 1.807) is 6.92 Å². The molecule has 1 amide bonds. The number of carbonyl (C=O) groups is 1. The fraction of sp³-hybridized carbons (Fsp3) is 0.696. The van der Waals surface area contributed by atoms with E-state index in [-0.39, 0.29) is 35.0 Å². The number of ether oxygens (including phenoxy) is 2. The summed E-state index contributed by atoms with van der Waals surface area (Å²) in [6, 6.07) is 8.55. The standard InChI is InChI=1S/C23H33NO3/c1-14(2)27-19-9-7-6-8-17(19)20-18-12-16-13-23(18,10-11-26-20)21(22(16,4)5)24-15(3)25/h6-9,14,16,18,20-21H,10-13H2,1-5H3,(H,24,25)/t16-,18-,20-,21+,23?/m1/s1. The highest BCUT2D eigenvalue weighted by Crippen LogP contribution is 2.70. The fourth-order valence-electron chi connectivity index (χ4n) is 6.38. The number of amides is 1. The van der Waals surface area contributed by atoms with Crippen molar-refractivity contribution in [3.63, 3.8) is 0 Å². The van der Waals surface area contributed by atoms with E-state index >= 15 is 0 Å². The van der Waals surface area contributed by atoms with E-state index in [2.05, 4.69) is 51.2 Å². The van der Waals surface area contributed by atoms with Crippen molar-refractivity contribution in [2.45, 2.75) is 72.1 Å². The number of fused-ring (bicyclic) bond motifs is 1. The molecule has 2 saturated carbocycles. The monoisotopic (exact) mass is 371 g/mol. The van der Waals surface area contributed by atoms with Crippen LogP contribution in [0.1, 0.15) is 65.5 Å². The predicted molar refractivity (Wildman–Crippen MR) is 106 cm³/mol. The number of hydrogen-bond acceptors (Lipinski definition) is 3. The highest BCUT2D eigenvalue weighted by atomic mass is 16.5. The quantitative estimate of drug-likeness (QED) is 0.848. The zero-order valence-corrected chi connectivity index (χ0v) is 17.2. The van der Waals surface area contributed by atoms with Gasteiger partial charge in [-0.15, -0.1) is 0 Å². The molecule has 1 aliphatic heterocycles. The summed E-state index contributed by atoms with van der Waals surface area (Å²) in [4.78, 5) is 12.0. The number of hydrogen-bond donors (Lipinski definition) is 1. The molecule has 1 heterocycles. The molecule has 4 rings (SSSR count). The van der Waals surface area contributed by atoms with Crippen molar-refractivity contribution in [1.29, 1.82) is 0 Å². The van der Waals surface area contributed by atoms with Gasteiger partial charge in [0.15, 0.2) is 0 Å². The van der Waals surface area contributed by atoms with Crippen molar-refractivity contribution >= 4 is 5.91 Å². The summed E-state index contributed by atoms with van der Waals surface area (Å²) in [6.45, 7) is 11.2. The summed E-state index contributed by atoms with van der Waals surface area (Å²) >= 11 is 0. The third kappa shape index (κ3) is 2.88. The van der Waals surface area contributed by atoms with Crippen LogP contribution in [-0.4, -0.2) is 24.7 Å². The second-order valence-corrected chi connectivity index (χ2v) is 9.68. The first kappa shape index (κ1) is 18.8. The molecule has 3 fully saturated rings. The number of benzene rings is 1. The van der Waals surface area contributed by atoms with Crippen LogP contribution in [0.4, 0.5) is 0 Å². The van der Waals surface area contributed by atoms with Crippen molar-refractivity contribution in [2.75, 3.05) is 6.61 Å². The Morgan fingerprint density at radius 1 is 1.30 bits per heavy atom. The van der Waals surface area contributed by atoms with Crippen LogP contribution in [0.2, 0.25) is 0 Å². The summed E-state index contributed by atoms with van der Waals surface area (Å²) in [5.41, 5.74) is 1.44. The Kier molecular flexibility index (Phi) is 4.53. The summed E-state index contributed by atoms with van der Waals surface area (Å²) < 4.78 is 12.5. The summed E-state index contributed by atoms with van der Waals surface area (Å²) in [5.74, 6) is 2.08. The molecule has 1 spiro atoms. The van der Waals surface area contributed by atoms with Gasteiger partial charge in [0.2, 0.25) is 5.91 Å². The Morgan fingerprint density at radius 3 is 2.74 bits per heavy atom. The van der Waals surface area contributed by atoms with E-state index in [0.29, 0.717) is 11.8 Å². The maximum Gasteiger partial charge on any atom is 0.217 e. The number of nitrogens with one attached hydrogen (secondary N) is 1. The van der Waals surface area contributed by atoms with E-state index in [1.165, 1.54) is 18.4 Å². The largest absolute Gasteiger partial charge is 0.491 e. The minimum absolute atomic E-state index is 0.0473. The third-order valence-corrected chi connectivity index (χ3v) is 7.44. The van der Waals surface area contributed by atoms with Crippen molar-refractivity contribution in [3.05, 3.63) is 29.8 Å². The van der Waals surface area contributed by atoms with Gasteiger partial charge in [-0.2, -0.15) is 0 Å². The van der Waals surface area contributed by atoms with Crippen LogP contribution in [-0.2, 0) is 9.53 Å². The molecular weight excluding hydrogens is 338 g/mol. The third-order valence-electron chi connectivity index (χ3n) is 7.44. The molecule has 1 aromatic rings. The number of rotatable bonds is 4. The molecule has 2 aliphatic carbocycles. The SMILES string of the molecule is CC(=O)N[C@H]1C(C)(C)[C@@H]2C[C@@H]3[C@@H](c4ccccc4OC(C)C)OCCC31C2. The molecule has 0 radical (unpaired) electrons. The van der Waals surface area contributed by atoms with Crippen LogP contribution in [0, 0.1) is 22.7 Å². The first-order valence-electron chi connectivity index (χ1n) is 10.4. The van der Waals surface area contributed by atoms with E-state index in [9.17, 15) is 4.79 Å². The van der Waals surface area contributed by atoms with Gasteiger partial charge in [0.1, 0.15) is 5.75 Å². The van der Waals surface area contributed by atoms with Gasteiger partial charge in [-0.05, 0) is 61.8 Å². The molecule has 4 nitrogen and oxygen atoms in total. The highest BCUT2D eigenvalue weighted by molar-refractivity contribution is 5.73. The molecule has 3 aliphatic rings. The van der Waals surface area contributed by atoms with Crippen LogP contribution in [0.15, 0.2) is 24.3 Å². The maximum atomic E-state index is 12.0. The van der Waals surface area contributed by atoms with Crippen LogP contribution in [0.5, 0.6) is 5.75 Å². The highest BCUT2D eigenvalue weighted by Gasteiger charge is 2.68. The lowest BCUT2D eigenvalue weighted by atomic mass is 9.58. The molecule has 5 atom stereocenters. The minimum atomic E-state index is 0.0473. The maximum absolute atomic E-state index is 12.0. The summed E-state index contributed by atoms with van der Waals surface area (Å²) in [7, 11) is 0. The molecule has 1 unspecified atom stereocenters. The Hall–Kier alpha value is -1.55. The van der Waals surface area contributed by atoms with Crippen molar-refractivity contribution < 1.29 is 14.3 Å². The molecule has 0 aromatic heterocycles. The fourth-order valence-corrected chi connectivity index (χ4v) is 6.38. The molecule has 1 saturated heterocycles. The lowest BCUT2D eigenvalue weighted by Crippen LogP contribution is -2.58. The first-order valence-corrected chi connectivity index (χ1v) is 10.4. The lowest BCUT2D eigenvalue weighted by molar-refractivity contribution is -0.136. The first-order chi connectivity index (χ1) is 12.8. The molecule has 148 valence electrons. The zero-order valence-electron chi connectivity index (χ0n) is 17.2. The van der Waals surface area contributed by atoms with Gasteiger partial charge in [-0.1, -0.05) is 32.0 Å². The minimum Gasteiger partial charge on any atom is -0.491 e. The number of para-hydroxylation sites is 1.